The minimum atomic E-state index is 0. The molecule has 0 aromatic carbocycles. The van der Waals surface area contributed by atoms with Gasteiger partial charge < -0.3 is 14.1 Å². The third kappa shape index (κ3) is 850. The van der Waals surface area contributed by atoms with Crippen molar-refractivity contribution in [2.45, 2.75) is 24.6 Å². The molecule has 0 nitrogen and oxygen atoms in total. The van der Waals surface area contributed by atoms with E-state index in [2.05, 4.69) is 40.6 Å². The van der Waals surface area contributed by atoms with Gasteiger partial charge in [0, 0.05) is 0 Å². The molecular formula is C4H9F3Pt. The summed E-state index contributed by atoms with van der Waals surface area (Å²) >= 11 is 2.36. The van der Waals surface area contributed by atoms with E-state index in [9.17, 15) is 0 Å². The van der Waals surface area contributed by atoms with Crippen LogP contribution in [0.5, 0.6) is 0 Å². The maximum Gasteiger partial charge on any atom is -1.00 e. The summed E-state index contributed by atoms with van der Waals surface area (Å²) in [5, 5.41) is 0. The van der Waals surface area contributed by atoms with Crippen LogP contribution in [0, 0.1) is 0 Å². The summed E-state index contributed by atoms with van der Waals surface area (Å²) in [7, 11) is 0. The van der Waals surface area contributed by atoms with Crippen LogP contribution in [0.3, 0.4) is 0 Å². The Bertz CT molecular complexity index is 26.8. The summed E-state index contributed by atoms with van der Waals surface area (Å²) < 4.78 is 0.472. The van der Waals surface area contributed by atoms with Crippen molar-refractivity contribution in [3.8, 4) is 0 Å². The molecule has 0 saturated carbocycles. The topological polar surface area (TPSA) is 0 Å². The molecule has 0 saturated heterocycles. The van der Waals surface area contributed by atoms with Gasteiger partial charge in [0.25, 0.3) is 0 Å². The van der Waals surface area contributed by atoms with Crippen LogP contribution in [0.15, 0.2) is 0 Å². The quantitative estimate of drug-likeness (QED) is 0.417. The van der Waals surface area contributed by atoms with Gasteiger partial charge in [0.1, 0.15) is 0 Å². The molecule has 56 valence electrons. The Morgan fingerprint density at radius 1 is 0.875 bits per heavy atom. The van der Waals surface area contributed by atoms with Crippen molar-refractivity contribution in [1.29, 1.82) is 0 Å². The average molecular weight is 309 g/mol. The molecule has 0 fully saturated rings. The second-order valence-electron chi connectivity index (χ2n) is 1.97. The van der Waals surface area contributed by atoms with Crippen molar-refractivity contribution in [2.75, 3.05) is 0 Å². The van der Waals surface area contributed by atoms with Crippen molar-refractivity contribution < 1.29 is 33.9 Å². The van der Waals surface area contributed by atoms with Crippen LogP contribution < -0.4 is 14.1 Å². The first-order valence-electron chi connectivity index (χ1n) is 1.66. The van der Waals surface area contributed by atoms with E-state index >= 15 is 0 Å². The molecule has 0 aromatic rings. The van der Waals surface area contributed by atoms with E-state index in [1.54, 1.807) is 0 Å². The number of hydrogen-bond acceptors (Lipinski definition) is 0. The van der Waals surface area contributed by atoms with Gasteiger partial charge in [0.05, 0.1) is 0 Å². The molecule has 0 radical (unpaired) electrons. The average Bonchev–Trinajstić information content (AvgIpc) is 0.722. The summed E-state index contributed by atoms with van der Waals surface area (Å²) in [6.07, 6.45) is 0. The second-order valence-corrected chi connectivity index (χ2v) is 5.38. The van der Waals surface area contributed by atoms with Gasteiger partial charge in [0.2, 0.25) is 0 Å². The van der Waals surface area contributed by atoms with Crippen molar-refractivity contribution in [2.24, 2.45) is 0 Å². The first-order chi connectivity index (χ1) is 2.00. The maximum atomic E-state index is 2.36. The molecule has 8 heavy (non-hydrogen) atoms. The minimum absolute atomic E-state index is 0. The van der Waals surface area contributed by atoms with Crippen LogP contribution in [-0.2, 0) is 19.8 Å². The fraction of sp³-hybridized carbons (Fsp3) is 1.00. The van der Waals surface area contributed by atoms with Gasteiger partial charge >= 0.3 is 44.4 Å². The Hall–Kier alpha value is 0.478. The van der Waals surface area contributed by atoms with Crippen LogP contribution in [0.2, 0.25) is 3.80 Å². The van der Waals surface area contributed by atoms with Crippen molar-refractivity contribution >= 4 is 0 Å². The molecule has 0 bridgehead atoms. The van der Waals surface area contributed by atoms with Gasteiger partial charge in [-0.3, -0.25) is 0 Å². The molecule has 0 aliphatic carbocycles. The summed E-state index contributed by atoms with van der Waals surface area (Å²) in [6, 6.07) is 0. The van der Waals surface area contributed by atoms with E-state index in [1.165, 1.54) is 0 Å². The second kappa shape index (κ2) is 7.48. The molecule has 0 atom stereocenters. The Morgan fingerprint density at radius 2 is 0.875 bits per heavy atom. The molecule has 0 rings (SSSR count). The molecule has 0 amide bonds. The SMILES string of the molecule is C[C](C)(C)[Pt+3].[F-].[F-].[F-]. The zero-order valence-corrected chi connectivity index (χ0v) is 7.22. The Kier molecular flexibility index (Phi) is 22.1. The summed E-state index contributed by atoms with van der Waals surface area (Å²) in [6.45, 7) is 6.53. The van der Waals surface area contributed by atoms with Gasteiger partial charge in [0.15, 0.2) is 0 Å². The molecular weight excluding hydrogens is 300 g/mol. The zero-order chi connectivity index (χ0) is 4.50. The van der Waals surface area contributed by atoms with Crippen LogP contribution in [0.1, 0.15) is 20.8 Å². The third-order valence-corrected chi connectivity index (χ3v) is 0. The van der Waals surface area contributed by atoms with Crippen LogP contribution in [0.4, 0.5) is 0 Å². The number of rotatable bonds is 0. The molecule has 4 heteroatoms. The van der Waals surface area contributed by atoms with Gasteiger partial charge in [-0.25, -0.2) is 0 Å². The molecule has 0 unspecified atom stereocenters. The van der Waals surface area contributed by atoms with Crippen LogP contribution in [-0.4, -0.2) is 0 Å². The molecule has 0 heterocycles. The number of hydrogen-bond donors (Lipinski definition) is 0. The summed E-state index contributed by atoms with van der Waals surface area (Å²) in [4.78, 5) is 0. The minimum Gasteiger partial charge on any atom is -1.00 e. The van der Waals surface area contributed by atoms with E-state index in [-0.39, 0.29) is 14.1 Å². The Morgan fingerprint density at radius 3 is 0.875 bits per heavy atom. The van der Waals surface area contributed by atoms with Crippen molar-refractivity contribution in [1.82, 2.24) is 0 Å². The first-order valence-corrected chi connectivity index (χ1v) is 2.79. The Balaban J connectivity index is -0.0000000267. The van der Waals surface area contributed by atoms with E-state index in [4.69, 9.17) is 0 Å². The number of halogens is 3. The fourth-order valence-corrected chi connectivity index (χ4v) is 0. The third-order valence-electron chi connectivity index (χ3n) is 0. The Labute approximate surface area is 59.0 Å². The molecule has 0 aromatic heterocycles. The van der Waals surface area contributed by atoms with Gasteiger partial charge in [-0.1, -0.05) is 0 Å². The fourth-order valence-electron chi connectivity index (χ4n) is 0. The van der Waals surface area contributed by atoms with Gasteiger partial charge in [-0.15, -0.1) is 0 Å². The van der Waals surface area contributed by atoms with Gasteiger partial charge in [-0.2, -0.15) is 0 Å². The molecule has 0 aliphatic rings. The monoisotopic (exact) mass is 309 g/mol. The molecule has 0 aliphatic heterocycles. The van der Waals surface area contributed by atoms with E-state index in [1.807, 2.05) is 0 Å². The smallest absolute Gasteiger partial charge is 1.00 e. The molecule has 0 N–H and O–H groups in total. The predicted octanol–water partition coefficient (Wildman–Crippen LogP) is -7.24. The maximum absolute atomic E-state index is 2.36. The van der Waals surface area contributed by atoms with E-state index in [0.717, 1.165) is 0 Å². The first kappa shape index (κ1) is 23.6. The van der Waals surface area contributed by atoms with Crippen molar-refractivity contribution in [3.63, 3.8) is 0 Å². The summed E-state index contributed by atoms with van der Waals surface area (Å²) in [5.41, 5.74) is 0. The summed E-state index contributed by atoms with van der Waals surface area (Å²) in [5.74, 6) is 0. The van der Waals surface area contributed by atoms with Crippen LogP contribution in [0.25, 0.3) is 0 Å². The molecule has 0 spiro atoms. The van der Waals surface area contributed by atoms with E-state index < -0.39 is 0 Å². The largest absolute Gasteiger partial charge is 1.00 e. The van der Waals surface area contributed by atoms with Gasteiger partial charge in [-0.05, 0) is 0 Å². The predicted molar refractivity (Wildman–Crippen MR) is 19.7 cm³/mol. The van der Waals surface area contributed by atoms with Crippen molar-refractivity contribution in [3.05, 3.63) is 0 Å². The van der Waals surface area contributed by atoms with E-state index in [0.29, 0.717) is 3.80 Å². The normalized spacial score (nSPS) is 7.50. The zero-order valence-electron chi connectivity index (χ0n) is 4.95. The van der Waals surface area contributed by atoms with Crippen LogP contribution >= 0.6 is 0 Å². The standard InChI is InChI=1S/C4H9.3FH.Pt/c1-4(2)3;;;;/h1-3H3;3*1H;/q;;;;+3/p-3.